The molecule has 0 unspecified atom stereocenters. The molecule has 0 aliphatic rings. The van der Waals surface area contributed by atoms with Crippen molar-refractivity contribution >= 4 is 11.5 Å². The van der Waals surface area contributed by atoms with Gasteiger partial charge in [-0.05, 0) is 24.6 Å². The van der Waals surface area contributed by atoms with Crippen molar-refractivity contribution < 1.29 is 13.2 Å². The van der Waals surface area contributed by atoms with Gasteiger partial charge < -0.3 is 5.73 Å². The van der Waals surface area contributed by atoms with Crippen LogP contribution >= 0.6 is 0 Å². The first kappa shape index (κ1) is 13.5. The minimum absolute atomic E-state index is 0.00870. The summed E-state index contributed by atoms with van der Waals surface area (Å²) in [5.41, 5.74) is 6.79. The maximum absolute atomic E-state index is 13.1. The van der Waals surface area contributed by atoms with E-state index in [9.17, 15) is 13.2 Å². The molecule has 3 rings (SSSR count). The predicted octanol–water partition coefficient (Wildman–Crippen LogP) is 3.91. The number of halogens is 3. The third-order valence-electron chi connectivity index (χ3n) is 3.37. The number of pyridine rings is 1. The van der Waals surface area contributed by atoms with Crippen LogP contribution in [0.5, 0.6) is 0 Å². The second-order valence-electron chi connectivity index (χ2n) is 4.77. The van der Waals surface area contributed by atoms with Crippen molar-refractivity contribution in [3.63, 3.8) is 0 Å². The van der Waals surface area contributed by atoms with Crippen molar-refractivity contribution in [2.75, 3.05) is 5.73 Å². The first-order valence-electron chi connectivity index (χ1n) is 6.29. The van der Waals surface area contributed by atoms with Crippen molar-refractivity contribution in [3.8, 4) is 11.3 Å². The van der Waals surface area contributed by atoms with Gasteiger partial charge in [0.25, 0.3) is 0 Å². The number of benzene rings is 1. The highest BCUT2D eigenvalue weighted by Gasteiger charge is 2.34. The first-order valence-corrected chi connectivity index (χ1v) is 6.29. The highest BCUT2D eigenvalue weighted by atomic mass is 19.4. The van der Waals surface area contributed by atoms with E-state index >= 15 is 0 Å². The SMILES string of the molecule is Cc1cccn2c(N)c(-c3ccccc3C(F)(F)F)nc12. The van der Waals surface area contributed by atoms with Crippen LogP contribution in [-0.2, 0) is 6.18 Å². The molecule has 108 valence electrons. The molecule has 0 bridgehead atoms. The summed E-state index contributed by atoms with van der Waals surface area (Å²) >= 11 is 0. The van der Waals surface area contributed by atoms with Crippen molar-refractivity contribution in [2.24, 2.45) is 0 Å². The van der Waals surface area contributed by atoms with Crippen LogP contribution < -0.4 is 5.73 Å². The number of rotatable bonds is 1. The number of aromatic nitrogens is 2. The number of nitrogens with two attached hydrogens (primary N) is 1. The largest absolute Gasteiger partial charge is 0.417 e. The molecular formula is C15H12F3N3. The molecular weight excluding hydrogens is 279 g/mol. The number of anilines is 1. The summed E-state index contributed by atoms with van der Waals surface area (Å²) in [7, 11) is 0. The van der Waals surface area contributed by atoms with Crippen LogP contribution in [0.25, 0.3) is 16.9 Å². The number of imidazole rings is 1. The highest BCUT2D eigenvalue weighted by molar-refractivity contribution is 5.78. The predicted molar refractivity (Wildman–Crippen MR) is 74.8 cm³/mol. The van der Waals surface area contributed by atoms with Crippen LogP contribution in [-0.4, -0.2) is 9.38 Å². The Hall–Kier alpha value is -2.50. The minimum atomic E-state index is -4.45. The Morgan fingerprint density at radius 3 is 2.48 bits per heavy atom. The number of nitrogen functional groups attached to an aromatic ring is 1. The Morgan fingerprint density at radius 2 is 1.81 bits per heavy atom. The Labute approximate surface area is 118 Å². The molecule has 0 saturated carbocycles. The fourth-order valence-electron chi connectivity index (χ4n) is 2.36. The lowest BCUT2D eigenvalue weighted by atomic mass is 10.0. The zero-order valence-corrected chi connectivity index (χ0v) is 11.1. The first-order chi connectivity index (χ1) is 9.89. The zero-order chi connectivity index (χ0) is 15.2. The van der Waals surface area contributed by atoms with Gasteiger partial charge in [-0.2, -0.15) is 13.2 Å². The van der Waals surface area contributed by atoms with Crippen molar-refractivity contribution in [2.45, 2.75) is 13.1 Å². The molecule has 2 N–H and O–H groups in total. The monoisotopic (exact) mass is 291 g/mol. The average Bonchev–Trinajstić information content (AvgIpc) is 2.77. The van der Waals surface area contributed by atoms with Gasteiger partial charge in [0.05, 0.1) is 5.56 Å². The molecule has 0 radical (unpaired) electrons. The fraction of sp³-hybridized carbons (Fsp3) is 0.133. The van der Waals surface area contributed by atoms with E-state index in [1.54, 1.807) is 22.7 Å². The van der Waals surface area contributed by atoms with Gasteiger partial charge in [-0.25, -0.2) is 4.98 Å². The number of hydrogen-bond acceptors (Lipinski definition) is 2. The van der Waals surface area contributed by atoms with E-state index in [-0.39, 0.29) is 17.1 Å². The number of aryl methyl sites for hydroxylation is 1. The number of fused-ring (bicyclic) bond motifs is 1. The van der Waals surface area contributed by atoms with E-state index < -0.39 is 11.7 Å². The summed E-state index contributed by atoms with van der Waals surface area (Å²) in [4.78, 5) is 4.29. The molecule has 3 nitrogen and oxygen atoms in total. The molecule has 3 aromatic rings. The second-order valence-corrected chi connectivity index (χ2v) is 4.77. The number of nitrogens with zero attached hydrogens (tertiary/aromatic N) is 2. The zero-order valence-electron chi connectivity index (χ0n) is 11.1. The van der Waals surface area contributed by atoms with Crippen LogP contribution in [0.3, 0.4) is 0 Å². The average molecular weight is 291 g/mol. The molecule has 2 heterocycles. The third-order valence-corrected chi connectivity index (χ3v) is 3.37. The summed E-state index contributed by atoms with van der Waals surface area (Å²) < 4.78 is 41.0. The van der Waals surface area contributed by atoms with E-state index in [1.165, 1.54) is 12.1 Å². The second kappa shape index (κ2) is 4.51. The molecule has 2 aromatic heterocycles. The van der Waals surface area contributed by atoms with Gasteiger partial charge in [0.15, 0.2) is 0 Å². The smallest absolute Gasteiger partial charge is 0.383 e. The van der Waals surface area contributed by atoms with Gasteiger partial charge in [0, 0.05) is 11.8 Å². The molecule has 0 fully saturated rings. The van der Waals surface area contributed by atoms with E-state index in [2.05, 4.69) is 4.98 Å². The van der Waals surface area contributed by atoms with Crippen LogP contribution in [0, 0.1) is 6.92 Å². The highest BCUT2D eigenvalue weighted by Crippen LogP contribution is 2.38. The van der Waals surface area contributed by atoms with Gasteiger partial charge in [-0.15, -0.1) is 0 Å². The van der Waals surface area contributed by atoms with Crippen molar-refractivity contribution in [1.29, 1.82) is 0 Å². The molecule has 0 spiro atoms. The molecule has 21 heavy (non-hydrogen) atoms. The Morgan fingerprint density at radius 1 is 1.10 bits per heavy atom. The molecule has 6 heteroatoms. The standard InChI is InChI=1S/C15H12F3N3/c1-9-5-4-8-21-13(19)12(20-14(9)21)10-6-2-3-7-11(10)15(16,17)18/h2-8H,19H2,1H3. The van der Waals surface area contributed by atoms with Crippen molar-refractivity contribution in [1.82, 2.24) is 9.38 Å². The lowest BCUT2D eigenvalue weighted by molar-refractivity contribution is -0.137. The topological polar surface area (TPSA) is 43.3 Å². The van der Waals surface area contributed by atoms with Gasteiger partial charge in [-0.3, -0.25) is 4.40 Å². The van der Waals surface area contributed by atoms with Crippen LogP contribution in [0.1, 0.15) is 11.1 Å². The van der Waals surface area contributed by atoms with Gasteiger partial charge in [-0.1, -0.05) is 24.3 Å². The van der Waals surface area contributed by atoms with Gasteiger partial charge in [0.2, 0.25) is 0 Å². The molecule has 0 saturated heterocycles. The third kappa shape index (κ3) is 2.12. The van der Waals surface area contributed by atoms with Crippen LogP contribution in [0.2, 0.25) is 0 Å². The molecule has 0 aliphatic heterocycles. The van der Waals surface area contributed by atoms with E-state index in [1.807, 2.05) is 13.0 Å². The van der Waals surface area contributed by atoms with E-state index in [0.717, 1.165) is 11.6 Å². The molecule has 0 aliphatic carbocycles. The van der Waals surface area contributed by atoms with Gasteiger partial charge in [0.1, 0.15) is 17.2 Å². The van der Waals surface area contributed by atoms with E-state index in [4.69, 9.17) is 5.73 Å². The maximum atomic E-state index is 13.1. The van der Waals surface area contributed by atoms with Gasteiger partial charge >= 0.3 is 6.18 Å². The van der Waals surface area contributed by atoms with E-state index in [0.29, 0.717) is 5.65 Å². The van der Waals surface area contributed by atoms with Crippen LogP contribution in [0.15, 0.2) is 42.6 Å². The quantitative estimate of drug-likeness (QED) is 0.738. The molecule has 0 atom stereocenters. The Bertz CT molecular complexity index is 819. The van der Waals surface area contributed by atoms with Crippen molar-refractivity contribution in [3.05, 3.63) is 53.7 Å². The summed E-state index contributed by atoms with van der Waals surface area (Å²) in [6, 6.07) is 8.92. The number of alkyl halides is 3. The van der Waals surface area contributed by atoms with Crippen LogP contribution in [0.4, 0.5) is 19.0 Å². The summed E-state index contributed by atoms with van der Waals surface area (Å²) in [5, 5.41) is 0. The normalized spacial score (nSPS) is 12.0. The lowest BCUT2D eigenvalue weighted by Crippen LogP contribution is -2.07. The molecule has 1 aromatic carbocycles. The summed E-state index contributed by atoms with van der Waals surface area (Å²) in [5.74, 6) is 0.199. The summed E-state index contributed by atoms with van der Waals surface area (Å²) in [6.45, 7) is 1.83. The Kier molecular flexibility index (Phi) is 2.90. The maximum Gasteiger partial charge on any atom is 0.417 e. The fourth-order valence-corrected chi connectivity index (χ4v) is 2.36. The molecule has 0 amide bonds. The minimum Gasteiger partial charge on any atom is -0.383 e. The summed E-state index contributed by atoms with van der Waals surface area (Å²) in [6.07, 6.45) is -2.77. The lowest BCUT2D eigenvalue weighted by Gasteiger charge is -2.11. The Balaban J connectivity index is 2.32. The number of hydrogen-bond donors (Lipinski definition) is 1.